The Balaban J connectivity index is 2.59. The van der Waals surface area contributed by atoms with Gasteiger partial charge in [0.25, 0.3) is 0 Å². The van der Waals surface area contributed by atoms with Crippen LogP contribution in [0.5, 0.6) is 0 Å². The van der Waals surface area contributed by atoms with Crippen molar-refractivity contribution < 1.29 is 4.39 Å². The van der Waals surface area contributed by atoms with Crippen molar-refractivity contribution >= 4 is 8.24 Å². The first-order chi connectivity index (χ1) is 6.88. The molecule has 1 atom stereocenters. The zero-order valence-corrected chi connectivity index (χ0v) is 11.0. The van der Waals surface area contributed by atoms with Crippen LogP contribution in [0.25, 0.3) is 0 Å². The molecule has 0 heterocycles. The molecule has 0 saturated heterocycles. The van der Waals surface area contributed by atoms with Crippen LogP contribution < -0.4 is 4.98 Å². The van der Waals surface area contributed by atoms with Crippen LogP contribution >= 0.6 is 0 Å². The van der Waals surface area contributed by atoms with Crippen LogP contribution in [0.3, 0.4) is 0 Å². The second kappa shape index (κ2) is 4.90. The third-order valence-electron chi connectivity index (χ3n) is 2.16. The molecule has 0 amide bonds. The summed E-state index contributed by atoms with van der Waals surface area (Å²) in [5.74, 6) is -0.0956. The van der Waals surface area contributed by atoms with Gasteiger partial charge in [-0.3, -0.25) is 0 Å². The van der Waals surface area contributed by atoms with Crippen LogP contribution in [0, 0.1) is 5.82 Å². The molecule has 3 heteroatoms. The van der Waals surface area contributed by atoms with E-state index in [4.69, 9.17) is 0 Å². The van der Waals surface area contributed by atoms with E-state index in [1.807, 2.05) is 12.1 Å². The van der Waals surface area contributed by atoms with Crippen molar-refractivity contribution in [3.05, 3.63) is 35.6 Å². The highest BCUT2D eigenvalue weighted by Gasteiger charge is 2.16. The van der Waals surface area contributed by atoms with Gasteiger partial charge in [-0.2, -0.15) is 0 Å². The van der Waals surface area contributed by atoms with Crippen LogP contribution in [0.2, 0.25) is 19.6 Å². The Morgan fingerprint density at radius 3 is 2.40 bits per heavy atom. The summed E-state index contributed by atoms with van der Waals surface area (Å²) in [5.41, 5.74) is 0.802. The van der Waals surface area contributed by atoms with Crippen LogP contribution in [-0.4, -0.2) is 14.3 Å². The summed E-state index contributed by atoms with van der Waals surface area (Å²) in [7, 11) is -1.26. The second-order valence-corrected chi connectivity index (χ2v) is 9.88. The molecule has 0 fully saturated rings. The van der Waals surface area contributed by atoms with E-state index in [-0.39, 0.29) is 5.82 Å². The fraction of sp³-hybridized carbons (Fsp3) is 0.500. The van der Waals surface area contributed by atoms with Gasteiger partial charge in [0.05, 0.1) is 0 Å². The largest absolute Gasteiger partial charge is 0.335 e. The Labute approximate surface area is 92.8 Å². The van der Waals surface area contributed by atoms with E-state index in [1.54, 1.807) is 6.07 Å². The highest BCUT2D eigenvalue weighted by atomic mass is 28.3. The maximum Gasteiger partial charge on any atom is 0.126 e. The predicted octanol–water partition coefficient (Wildman–Crippen LogP) is 3.18. The lowest BCUT2D eigenvalue weighted by atomic mass is 10.1. The van der Waals surface area contributed by atoms with Crippen LogP contribution in [0.15, 0.2) is 24.3 Å². The zero-order chi connectivity index (χ0) is 11.5. The van der Waals surface area contributed by atoms with E-state index < -0.39 is 8.24 Å². The summed E-state index contributed by atoms with van der Waals surface area (Å²) in [5, 5.41) is 0. The van der Waals surface area contributed by atoms with Crippen LogP contribution in [0.4, 0.5) is 4.39 Å². The lowest BCUT2D eigenvalue weighted by Crippen LogP contribution is -2.47. The molecule has 1 aromatic rings. The molecule has 1 nitrogen and oxygen atoms in total. The maximum atomic E-state index is 13.4. The van der Waals surface area contributed by atoms with Crippen molar-refractivity contribution in [2.75, 3.05) is 0 Å². The third-order valence-corrected chi connectivity index (χ3v) is 3.52. The molecular weight excluding hydrogens is 205 g/mol. The number of benzene rings is 1. The molecule has 0 aromatic heterocycles. The van der Waals surface area contributed by atoms with Gasteiger partial charge in [-0.1, -0.05) is 44.8 Å². The highest BCUT2D eigenvalue weighted by Crippen LogP contribution is 2.10. The van der Waals surface area contributed by atoms with Gasteiger partial charge < -0.3 is 4.98 Å². The summed E-state index contributed by atoms with van der Waals surface area (Å²) < 4.78 is 13.4. The maximum absolute atomic E-state index is 13.4. The lowest BCUT2D eigenvalue weighted by Gasteiger charge is -2.24. The van der Waals surface area contributed by atoms with Gasteiger partial charge in [-0.05, 0) is 18.1 Å². The Hall–Kier alpha value is -0.673. The Morgan fingerprint density at radius 1 is 1.27 bits per heavy atom. The molecule has 0 spiro atoms. The standard InChI is InChI=1S/C12H20FNSi/c1-10(14-15(2,3)4)9-11-7-5-6-8-12(11)13/h5-8,10,14H,9H2,1-4H3. The minimum absolute atomic E-state index is 0.0956. The van der Waals surface area contributed by atoms with Gasteiger partial charge in [-0.15, -0.1) is 0 Å². The van der Waals surface area contributed by atoms with Crippen LogP contribution in [-0.2, 0) is 6.42 Å². The van der Waals surface area contributed by atoms with E-state index >= 15 is 0 Å². The minimum Gasteiger partial charge on any atom is -0.335 e. The monoisotopic (exact) mass is 225 g/mol. The van der Waals surface area contributed by atoms with Gasteiger partial charge in [0, 0.05) is 6.04 Å². The molecule has 0 saturated carbocycles. The highest BCUT2D eigenvalue weighted by molar-refractivity contribution is 6.73. The molecule has 0 radical (unpaired) electrons. The van der Waals surface area contributed by atoms with Gasteiger partial charge in [-0.25, -0.2) is 4.39 Å². The molecule has 1 rings (SSSR count). The fourth-order valence-corrected chi connectivity index (χ4v) is 3.36. The minimum atomic E-state index is -1.26. The molecular formula is C12H20FNSi. The Bertz CT molecular complexity index is 320. The third kappa shape index (κ3) is 4.58. The van der Waals surface area contributed by atoms with Crippen molar-refractivity contribution in [2.24, 2.45) is 0 Å². The Morgan fingerprint density at radius 2 is 1.87 bits per heavy atom. The molecule has 0 aliphatic rings. The van der Waals surface area contributed by atoms with Crippen molar-refractivity contribution in [2.45, 2.75) is 39.0 Å². The van der Waals surface area contributed by atoms with E-state index in [0.29, 0.717) is 6.04 Å². The first-order valence-electron chi connectivity index (χ1n) is 5.39. The normalized spacial score (nSPS) is 13.9. The fourth-order valence-electron chi connectivity index (χ4n) is 1.78. The Kier molecular flexibility index (Phi) is 4.05. The number of halogens is 1. The van der Waals surface area contributed by atoms with E-state index in [9.17, 15) is 4.39 Å². The zero-order valence-electron chi connectivity index (χ0n) is 9.97. The molecule has 0 aliphatic heterocycles. The van der Waals surface area contributed by atoms with Crippen molar-refractivity contribution in [1.82, 2.24) is 4.98 Å². The predicted molar refractivity (Wildman–Crippen MR) is 66.0 cm³/mol. The number of hydrogen-bond acceptors (Lipinski definition) is 1. The smallest absolute Gasteiger partial charge is 0.126 e. The first-order valence-corrected chi connectivity index (χ1v) is 8.89. The lowest BCUT2D eigenvalue weighted by molar-refractivity contribution is 0.583. The number of rotatable bonds is 4. The van der Waals surface area contributed by atoms with E-state index in [0.717, 1.165) is 12.0 Å². The number of nitrogens with one attached hydrogen (secondary N) is 1. The number of hydrogen-bond donors (Lipinski definition) is 1. The second-order valence-electron chi connectivity index (χ2n) is 5.09. The molecule has 15 heavy (non-hydrogen) atoms. The van der Waals surface area contributed by atoms with E-state index in [1.165, 1.54) is 6.07 Å². The summed E-state index contributed by atoms with van der Waals surface area (Å²) in [6.07, 6.45) is 0.761. The average Bonchev–Trinajstić information content (AvgIpc) is 2.05. The van der Waals surface area contributed by atoms with E-state index in [2.05, 4.69) is 31.5 Å². The molecule has 1 unspecified atom stereocenters. The molecule has 1 aromatic carbocycles. The van der Waals surface area contributed by atoms with Crippen LogP contribution in [0.1, 0.15) is 12.5 Å². The van der Waals surface area contributed by atoms with Crippen molar-refractivity contribution in [3.8, 4) is 0 Å². The summed E-state index contributed by atoms with van der Waals surface area (Å²) >= 11 is 0. The topological polar surface area (TPSA) is 12.0 Å². The molecule has 84 valence electrons. The van der Waals surface area contributed by atoms with Crippen molar-refractivity contribution in [1.29, 1.82) is 0 Å². The van der Waals surface area contributed by atoms with Gasteiger partial charge in [0.1, 0.15) is 14.1 Å². The SMILES string of the molecule is CC(Cc1ccccc1F)N[Si](C)(C)C. The first kappa shape index (κ1) is 12.4. The molecule has 1 N–H and O–H groups in total. The summed E-state index contributed by atoms with van der Waals surface area (Å²) in [4.78, 5) is 3.57. The van der Waals surface area contributed by atoms with Gasteiger partial charge in [0.2, 0.25) is 0 Å². The molecule has 0 bridgehead atoms. The average molecular weight is 225 g/mol. The summed E-state index contributed by atoms with van der Waals surface area (Å²) in [6.45, 7) is 8.88. The van der Waals surface area contributed by atoms with Gasteiger partial charge >= 0.3 is 0 Å². The molecule has 0 aliphatic carbocycles. The van der Waals surface area contributed by atoms with Gasteiger partial charge in [0.15, 0.2) is 0 Å². The summed E-state index contributed by atoms with van der Waals surface area (Å²) in [6, 6.07) is 7.34. The quantitative estimate of drug-likeness (QED) is 0.776. The van der Waals surface area contributed by atoms with Crippen molar-refractivity contribution in [3.63, 3.8) is 0 Å².